The highest BCUT2D eigenvalue weighted by atomic mass is 16.3. The zero-order valence-corrected chi connectivity index (χ0v) is 11.6. The summed E-state index contributed by atoms with van der Waals surface area (Å²) < 4.78 is 0. The van der Waals surface area contributed by atoms with E-state index in [-0.39, 0.29) is 18.6 Å². The molecule has 1 aromatic rings. The fourth-order valence-electron chi connectivity index (χ4n) is 2.37. The minimum absolute atomic E-state index is 0.00855. The molecule has 0 saturated carbocycles. The third-order valence-corrected chi connectivity index (χ3v) is 3.79. The number of carbonyl (C=O) groups excluding carboxylic acids is 1. The average Bonchev–Trinajstić information content (AvgIpc) is 2.84. The van der Waals surface area contributed by atoms with E-state index in [0.29, 0.717) is 6.54 Å². The minimum atomic E-state index is -0.0410. The van der Waals surface area contributed by atoms with Crippen LogP contribution >= 0.6 is 0 Å². The van der Waals surface area contributed by atoms with Gasteiger partial charge >= 0.3 is 0 Å². The van der Waals surface area contributed by atoms with Crippen LogP contribution in [-0.2, 0) is 17.6 Å². The Hall–Kier alpha value is -1.39. The van der Waals surface area contributed by atoms with Gasteiger partial charge in [-0.25, -0.2) is 0 Å². The molecule has 4 heteroatoms. The Morgan fingerprint density at radius 3 is 2.89 bits per heavy atom. The second-order valence-electron chi connectivity index (χ2n) is 5.33. The summed E-state index contributed by atoms with van der Waals surface area (Å²) in [7, 11) is 1.84. The lowest BCUT2D eigenvalue weighted by molar-refractivity contribution is -0.117. The first kappa shape index (κ1) is 14.0. The smallest absolute Gasteiger partial charge is 0.238 e. The molecule has 0 fully saturated rings. The molecule has 0 bridgehead atoms. The van der Waals surface area contributed by atoms with Gasteiger partial charge < -0.3 is 10.4 Å². The summed E-state index contributed by atoms with van der Waals surface area (Å²) in [4.78, 5) is 13.7. The third-order valence-electron chi connectivity index (χ3n) is 3.79. The van der Waals surface area contributed by atoms with Crippen molar-refractivity contribution in [2.75, 3.05) is 25.5 Å². The second kappa shape index (κ2) is 6.17. The van der Waals surface area contributed by atoms with Crippen molar-refractivity contribution in [2.24, 2.45) is 0 Å². The van der Waals surface area contributed by atoms with Gasteiger partial charge in [0, 0.05) is 11.7 Å². The van der Waals surface area contributed by atoms with Gasteiger partial charge in [0.15, 0.2) is 0 Å². The highest BCUT2D eigenvalue weighted by Gasteiger charge is 2.14. The van der Waals surface area contributed by atoms with E-state index in [1.54, 1.807) is 0 Å². The number of amides is 1. The van der Waals surface area contributed by atoms with Crippen LogP contribution in [0.2, 0.25) is 0 Å². The summed E-state index contributed by atoms with van der Waals surface area (Å²) in [5.74, 6) is -0.0410. The summed E-state index contributed by atoms with van der Waals surface area (Å²) in [6, 6.07) is 6.15. The molecule has 0 aromatic heterocycles. The van der Waals surface area contributed by atoms with Crippen LogP contribution in [0.25, 0.3) is 0 Å². The molecule has 0 aliphatic heterocycles. The van der Waals surface area contributed by atoms with E-state index in [9.17, 15) is 4.79 Å². The monoisotopic (exact) mass is 262 g/mol. The maximum absolute atomic E-state index is 11.9. The van der Waals surface area contributed by atoms with Gasteiger partial charge in [-0.2, -0.15) is 0 Å². The van der Waals surface area contributed by atoms with Crippen molar-refractivity contribution in [2.45, 2.75) is 32.2 Å². The zero-order chi connectivity index (χ0) is 13.8. The van der Waals surface area contributed by atoms with Crippen molar-refractivity contribution in [1.29, 1.82) is 0 Å². The lowest BCUT2D eigenvalue weighted by Gasteiger charge is -2.22. The van der Waals surface area contributed by atoms with E-state index in [1.807, 2.05) is 24.9 Å². The van der Waals surface area contributed by atoms with Gasteiger partial charge in [0.25, 0.3) is 0 Å². The largest absolute Gasteiger partial charge is 0.395 e. The van der Waals surface area contributed by atoms with Crippen LogP contribution in [0.5, 0.6) is 0 Å². The summed E-state index contributed by atoms with van der Waals surface area (Å²) in [5.41, 5.74) is 3.63. The van der Waals surface area contributed by atoms with Crippen molar-refractivity contribution in [1.82, 2.24) is 4.90 Å². The van der Waals surface area contributed by atoms with Crippen LogP contribution in [0.1, 0.15) is 24.5 Å². The van der Waals surface area contributed by atoms with Crippen LogP contribution in [0.15, 0.2) is 18.2 Å². The molecule has 1 amide bonds. The van der Waals surface area contributed by atoms with E-state index in [0.717, 1.165) is 18.5 Å². The molecule has 1 aliphatic rings. The van der Waals surface area contributed by atoms with Crippen LogP contribution in [0.3, 0.4) is 0 Å². The minimum Gasteiger partial charge on any atom is -0.395 e. The standard InChI is InChI=1S/C15H22N2O2/c1-11(10-18)17(2)9-15(19)16-14-7-6-12-4-3-5-13(12)8-14/h6-8,11,18H,3-5,9-10H2,1-2H3,(H,16,19). The molecule has 2 rings (SSSR count). The normalized spacial score (nSPS) is 15.4. The number of benzene rings is 1. The average molecular weight is 262 g/mol. The molecule has 4 nitrogen and oxygen atoms in total. The summed E-state index contributed by atoms with van der Waals surface area (Å²) in [6.45, 7) is 2.24. The van der Waals surface area contributed by atoms with Gasteiger partial charge in [0.05, 0.1) is 13.2 Å². The highest BCUT2D eigenvalue weighted by molar-refractivity contribution is 5.92. The maximum Gasteiger partial charge on any atom is 0.238 e. The Labute approximate surface area is 114 Å². The molecule has 104 valence electrons. The SMILES string of the molecule is CC(CO)N(C)CC(=O)Nc1ccc2c(c1)CCC2. The molecule has 19 heavy (non-hydrogen) atoms. The number of rotatable bonds is 5. The van der Waals surface area contributed by atoms with Gasteiger partial charge in [-0.05, 0) is 56.5 Å². The predicted octanol–water partition coefficient (Wildman–Crippen LogP) is 1.43. The number of aliphatic hydroxyl groups is 1. The number of fused-ring (bicyclic) bond motifs is 1. The Morgan fingerprint density at radius 1 is 1.42 bits per heavy atom. The zero-order valence-electron chi connectivity index (χ0n) is 11.6. The van der Waals surface area contributed by atoms with E-state index in [2.05, 4.69) is 17.4 Å². The number of nitrogens with zero attached hydrogens (tertiary/aromatic N) is 1. The number of carbonyl (C=O) groups is 1. The Balaban J connectivity index is 1.92. The fraction of sp³-hybridized carbons (Fsp3) is 0.533. The van der Waals surface area contributed by atoms with Crippen LogP contribution in [0.4, 0.5) is 5.69 Å². The molecule has 1 unspecified atom stereocenters. The van der Waals surface area contributed by atoms with Crippen LogP contribution in [-0.4, -0.2) is 42.2 Å². The van der Waals surface area contributed by atoms with Crippen molar-refractivity contribution in [3.05, 3.63) is 29.3 Å². The summed E-state index contributed by atoms with van der Waals surface area (Å²) in [5, 5.41) is 12.0. The summed E-state index contributed by atoms with van der Waals surface area (Å²) >= 11 is 0. The number of anilines is 1. The maximum atomic E-state index is 11.9. The van der Waals surface area contributed by atoms with Crippen molar-refractivity contribution in [3.63, 3.8) is 0 Å². The Bertz CT molecular complexity index is 459. The second-order valence-corrected chi connectivity index (χ2v) is 5.33. The molecule has 1 aliphatic carbocycles. The topological polar surface area (TPSA) is 52.6 Å². The molecule has 2 N–H and O–H groups in total. The van der Waals surface area contributed by atoms with Crippen molar-refractivity contribution in [3.8, 4) is 0 Å². The molecule has 0 spiro atoms. The van der Waals surface area contributed by atoms with Gasteiger partial charge in [-0.3, -0.25) is 9.69 Å². The van der Waals surface area contributed by atoms with E-state index in [4.69, 9.17) is 5.11 Å². The quantitative estimate of drug-likeness (QED) is 0.844. The van der Waals surface area contributed by atoms with Crippen molar-refractivity contribution < 1.29 is 9.90 Å². The van der Waals surface area contributed by atoms with Crippen LogP contribution < -0.4 is 5.32 Å². The number of nitrogens with one attached hydrogen (secondary N) is 1. The van der Waals surface area contributed by atoms with E-state index >= 15 is 0 Å². The lowest BCUT2D eigenvalue weighted by Crippen LogP contribution is -2.38. The molecule has 1 atom stereocenters. The molecular formula is C15H22N2O2. The van der Waals surface area contributed by atoms with Gasteiger partial charge in [0.2, 0.25) is 5.91 Å². The van der Waals surface area contributed by atoms with E-state index < -0.39 is 0 Å². The first-order chi connectivity index (χ1) is 9.10. The number of hydrogen-bond donors (Lipinski definition) is 2. The van der Waals surface area contributed by atoms with Crippen LogP contribution in [0, 0.1) is 0 Å². The van der Waals surface area contributed by atoms with Gasteiger partial charge in [-0.15, -0.1) is 0 Å². The Kier molecular flexibility index (Phi) is 4.56. The third kappa shape index (κ3) is 3.55. The molecule has 0 saturated heterocycles. The predicted molar refractivity (Wildman–Crippen MR) is 76.3 cm³/mol. The number of hydrogen-bond acceptors (Lipinski definition) is 3. The fourth-order valence-corrected chi connectivity index (χ4v) is 2.37. The number of aryl methyl sites for hydroxylation is 2. The molecule has 0 heterocycles. The molecule has 1 aromatic carbocycles. The first-order valence-electron chi connectivity index (χ1n) is 6.83. The Morgan fingerprint density at radius 2 is 2.16 bits per heavy atom. The van der Waals surface area contributed by atoms with E-state index in [1.165, 1.54) is 17.5 Å². The number of aliphatic hydroxyl groups excluding tert-OH is 1. The lowest BCUT2D eigenvalue weighted by atomic mass is 10.1. The molecular weight excluding hydrogens is 240 g/mol. The van der Waals surface area contributed by atoms with Crippen molar-refractivity contribution >= 4 is 11.6 Å². The first-order valence-corrected chi connectivity index (χ1v) is 6.83. The van der Waals surface area contributed by atoms with Gasteiger partial charge in [-0.1, -0.05) is 6.07 Å². The molecule has 0 radical (unpaired) electrons. The van der Waals surface area contributed by atoms with Gasteiger partial charge in [0.1, 0.15) is 0 Å². The summed E-state index contributed by atoms with van der Waals surface area (Å²) in [6.07, 6.45) is 3.48. The highest BCUT2D eigenvalue weighted by Crippen LogP contribution is 2.24. The number of likely N-dealkylation sites (N-methyl/N-ethyl adjacent to an activating group) is 1.